The van der Waals surface area contributed by atoms with E-state index in [0.29, 0.717) is 12.5 Å². The van der Waals surface area contributed by atoms with Crippen LogP contribution in [0.3, 0.4) is 0 Å². The number of alkyl carbamates (subject to hydrolysis) is 1. The first kappa shape index (κ1) is 17.3. The van der Waals surface area contributed by atoms with Gasteiger partial charge in [-0.1, -0.05) is 51.9 Å². The average molecular weight is 284 g/mol. The van der Waals surface area contributed by atoms with Gasteiger partial charge in [-0.05, 0) is 19.3 Å². The summed E-state index contributed by atoms with van der Waals surface area (Å²) in [5, 5.41) is 2.83. The summed E-state index contributed by atoms with van der Waals surface area (Å²) in [6.45, 7) is 3.42. The lowest BCUT2D eigenvalue weighted by Gasteiger charge is -2.27. The van der Waals surface area contributed by atoms with Crippen LogP contribution in [0.2, 0.25) is 0 Å². The van der Waals surface area contributed by atoms with E-state index in [0.717, 1.165) is 25.8 Å². The molecule has 2 atom stereocenters. The Labute approximate surface area is 123 Å². The van der Waals surface area contributed by atoms with E-state index in [9.17, 15) is 4.79 Å². The number of unbranched alkanes of at least 4 members (excludes halogenated alkanes) is 5. The lowest BCUT2D eigenvalue weighted by Crippen LogP contribution is -2.37. The van der Waals surface area contributed by atoms with Crippen LogP contribution in [0, 0.1) is 5.92 Å². The number of carbonyl (C=O) groups excluding carboxylic acids is 1. The summed E-state index contributed by atoms with van der Waals surface area (Å²) in [5.74, 6) is 0.351. The molecule has 20 heavy (non-hydrogen) atoms. The Morgan fingerprint density at radius 3 is 2.60 bits per heavy atom. The van der Waals surface area contributed by atoms with Crippen molar-refractivity contribution in [1.82, 2.24) is 5.32 Å². The molecule has 1 saturated carbocycles. The van der Waals surface area contributed by atoms with Gasteiger partial charge < -0.3 is 15.8 Å². The Morgan fingerprint density at radius 1 is 1.15 bits per heavy atom. The van der Waals surface area contributed by atoms with Crippen LogP contribution in [-0.2, 0) is 4.74 Å². The molecule has 0 aliphatic heterocycles. The smallest absolute Gasteiger partial charge is 0.407 e. The molecule has 0 saturated heterocycles. The summed E-state index contributed by atoms with van der Waals surface area (Å²) in [5.41, 5.74) is 6.03. The Morgan fingerprint density at radius 2 is 1.85 bits per heavy atom. The molecular weight excluding hydrogens is 252 g/mol. The zero-order valence-corrected chi connectivity index (χ0v) is 13.0. The summed E-state index contributed by atoms with van der Waals surface area (Å²) in [7, 11) is 0. The number of hydrogen-bond donors (Lipinski definition) is 2. The minimum absolute atomic E-state index is 0.204. The standard InChI is InChI=1S/C16H32N2O2/c1-2-3-4-5-6-9-12-18-16(19)20-13-14-10-7-8-11-15(14)17/h14-15H,2-13,17H2,1H3,(H,18,19)/t14-,15+/m0/s1. The van der Waals surface area contributed by atoms with Gasteiger partial charge >= 0.3 is 6.09 Å². The van der Waals surface area contributed by atoms with E-state index in [4.69, 9.17) is 10.5 Å². The summed E-state index contributed by atoms with van der Waals surface area (Å²) in [6, 6.07) is 0.204. The molecule has 1 aliphatic carbocycles. The second kappa shape index (κ2) is 11.0. The molecule has 0 aromatic rings. The summed E-state index contributed by atoms with van der Waals surface area (Å²) in [6.07, 6.45) is 11.7. The summed E-state index contributed by atoms with van der Waals surface area (Å²) in [4.78, 5) is 11.6. The maximum absolute atomic E-state index is 11.6. The highest BCUT2D eigenvalue weighted by Crippen LogP contribution is 2.22. The van der Waals surface area contributed by atoms with Gasteiger partial charge in [0.25, 0.3) is 0 Å². The van der Waals surface area contributed by atoms with E-state index in [2.05, 4.69) is 12.2 Å². The molecule has 0 aromatic heterocycles. The molecule has 1 fully saturated rings. The molecule has 0 spiro atoms. The number of nitrogens with two attached hydrogens (primary N) is 1. The topological polar surface area (TPSA) is 64.3 Å². The van der Waals surface area contributed by atoms with E-state index in [1.54, 1.807) is 0 Å². The monoisotopic (exact) mass is 284 g/mol. The molecule has 0 radical (unpaired) electrons. The van der Waals surface area contributed by atoms with Gasteiger partial charge in [-0.2, -0.15) is 0 Å². The maximum Gasteiger partial charge on any atom is 0.407 e. The Kier molecular flexibility index (Phi) is 9.46. The molecular formula is C16H32N2O2. The van der Waals surface area contributed by atoms with Crippen LogP contribution >= 0.6 is 0 Å². The van der Waals surface area contributed by atoms with E-state index in [-0.39, 0.29) is 12.1 Å². The predicted molar refractivity (Wildman–Crippen MR) is 82.7 cm³/mol. The molecule has 3 N–H and O–H groups in total. The van der Waals surface area contributed by atoms with Crippen LogP contribution in [0.5, 0.6) is 0 Å². The third-order valence-electron chi connectivity index (χ3n) is 4.20. The van der Waals surface area contributed by atoms with Crippen LogP contribution < -0.4 is 11.1 Å². The molecule has 1 amide bonds. The van der Waals surface area contributed by atoms with Gasteiger partial charge in [0.05, 0.1) is 6.61 Å². The van der Waals surface area contributed by atoms with E-state index < -0.39 is 0 Å². The fraction of sp³-hybridized carbons (Fsp3) is 0.938. The number of hydrogen-bond acceptors (Lipinski definition) is 3. The van der Waals surface area contributed by atoms with Gasteiger partial charge in [-0.3, -0.25) is 0 Å². The largest absolute Gasteiger partial charge is 0.449 e. The van der Waals surface area contributed by atoms with E-state index in [1.807, 2.05) is 0 Å². The Balaban J connectivity index is 1.94. The normalized spacial score (nSPS) is 22.5. The summed E-state index contributed by atoms with van der Waals surface area (Å²) < 4.78 is 5.27. The van der Waals surface area contributed by atoms with Crippen molar-refractivity contribution in [3.05, 3.63) is 0 Å². The third kappa shape index (κ3) is 7.73. The van der Waals surface area contributed by atoms with Crippen molar-refractivity contribution in [2.75, 3.05) is 13.2 Å². The second-order valence-electron chi connectivity index (χ2n) is 6.00. The van der Waals surface area contributed by atoms with Crippen LogP contribution in [0.25, 0.3) is 0 Å². The van der Waals surface area contributed by atoms with Crippen LogP contribution in [0.4, 0.5) is 4.79 Å². The molecule has 0 unspecified atom stereocenters. The highest BCUT2D eigenvalue weighted by molar-refractivity contribution is 5.67. The van der Waals surface area contributed by atoms with Crippen molar-refractivity contribution in [2.24, 2.45) is 11.7 Å². The van der Waals surface area contributed by atoms with Crippen molar-refractivity contribution >= 4 is 6.09 Å². The Bertz CT molecular complexity index is 259. The van der Waals surface area contributed by atoms with Gasteiger partial charge in [-0.15, -0.1) is 0 Å². The molecule has 0 aromatic carbocycles. The zero-order valence-electron chi connectivity index (χ0n) is 13.0. The summed E-state index contributed by atoms with van der Waals surface area (Å²) >= 11 is 0. The van der Waals surface area contributed by atoms with Crippen molar-refractivity contribution in [3.8, 4) is 0 Å². The molecule has 118 valence electrons. The van der Waals surface area contributed by atoms with Gasteiger partial charge in [-0.25, -0.2) is 4.79 Å². The first-order chi connectivity index (χ1) is 9.74. The second-order valence-corrected chi connectivity index (χ2v) is 6.00. The van der Waals surface area contributed by atoms with Gasteiger partial charge in [0, 0.05) is 18.5 Å². The molecule has 4 heteroatoms. The van der Waals surface area contributed by atoms with Crippen LogP contribution in [0.1, 0.15) is 71.1 Å². The number of amides is 1. The molecule has 0 bridgehead atoms. The highest BCUT2D eigenvalue weighted by Gasteiger charge is 2.22. The number of rotatable bonds is 9. The minimum atomic E-state index is -0.281. The van der Waals surface area contributed by atoms with Crippen molar-refractivity contribution in [3.63, 3.8) is 0 Å². The van der Waals surface area contributed by atoms with Crippen LogP contribution in [0.15, 0.2) is 0 Å². The SMILES string of the molecule is CCCCCCCCNC(=O)OC[C@@H]1CCCC[C@H]1N. The van der Waals surface area contributed by atoms with Gasteiger partial charge in [0.15, 0.2) is 0 Å². The number of carbonyl (C=O) groups is 1. The predicted octanol–water partition coefficient (Wildman–Crippen LogP) is 3.59. The molecule has 0 heterocycles. The quantitative estimate of drug-likeness (QED) is 0.636. The molecule has 1 aliphatic rings. The fourth-order valence-corrected chi connectivity index (χ4v) is 2.77. The fourth-order valence-electron chi connectivity index (χ4n) is 2.77. The molecule has 4 nitrogen and oxygen atoms in total. The number of ether oxygens (including phenoxy) is 1. The van der Waals surface area contributed by atoms with Gasteiger partial charge in [0.1, 0.15) is 0 Å². The first-order valence-electron chi connectivity index (χ1n) is 8.40. The van der Waals surface area contributed by atoms with Crippen LogP contribution in [-0.4, -0.2) is 25.3 Å². The van der Waals surface area contributed by atoms with E-state index in [1.165, 1.54) is 44.9 Å². The van der Waals surface area contributed by atoms with Crippen molar-refractivity contribution in [1.29, 1.82) is 0 Å². The van der Waals surface area contributed by atoms with Gasteiger partial charge in [0.2, 0.25) is 0 Å². The average Bonchev–Trinajstić information content (AvgIpc) is 2.45. The first-order valence-corrected chi connectivity index (χ1v) is 8.40. The van der Waals surface area contributed by atoms with E-state index >= 15 is 0 Å². The third-order valence-corrected chi connectivity index (χ3v) is 4.20. The lowest BCUT2D eigenvalue weighted by atomic mass is 9.86. The molecule has 1 rings (SSSR count). The minimum Gasteiger partial charge on any atom is -0.449 e. The Hall–Kier alpha value is -0.770. The van der Waals surface area contributed by atoms with Crippen molar-refractivity contribution < 1.29 is 9.53 Å². The number of nitrogens with one attached hydrogen (secondary N) is 1. The van der Waals surface area contributed by atoms with Crippen molar-refractivity contribution in [2.45, 2.75) is 77.2 Å². The maximum atomic E-state index is 11.6. The zero-order chi connectivity index (χ0) is 14.6. The highest BCUT2D eigenvalue weighted by atomic mass is 16.5. The lowest BCUT2D eigenvalue weighted by molar-refractivity contribution is 0.109.